The second kappa shape index (κ2) is 2.43. The summed E-state index contributed by atoms with van der Waals surface area (Å²) < 4.78 is 0. The van der Waals surface area contributed by atoms with Crippen LogP contribution in [0.3, 0.4) is 0 Å². The summed E-state index contributed by atoms with van der Waals surface area (Å²) in [4.78, 5) is 3.76. The fourth-order valence-electron chi connectivity index (χ4n) is 0.484. The third kappa shape index (κ3) is 1.04. The van der Waals surface area contributed by atoms with Gasteiger partial charge in [0.1, 0.15) is 6.61 Å². The molecule has 0 aliphatic carbocycles. The molecular formula is C6H6NO. The maximum absolute atomic E-state index is 10.1. The average Bonchev–Trinajstić information content (AvgIpc) is 1.90. The van der Waals surface area contributed by atoms with E-state index >= 15 is 0 Å². The topological polar surface area (TPSA) is 32.8 Å². The normalized spacial score (nSPS) is 9.12. The molecule has 0 saturated carbocycles. The van der Waals surface area contributed by atoms with Crippen LogP contribution in [0, 0.1) is 0 Å². The van der Waals surface area contributed by atoms with Crippen LogP contribution in [-0.2, 0) is 11.7 Å². The molecule has 0 amide bonds. The highest BCUT2D eigenvalue weighted by molar-refractivity contribution is 5.06. The molecule has 0 fully saturated rings. The van der Waals surface area contributed by atoms with Gasteiger partial charge in [-0.15, -0.1) is 0 Å². The second-order valence-corrected chi connectivity index (χ2v) is 1.51. The molecule has 0 atom stereocenters. The predicted octanol–water partition coefficient (Wildman–Crippen LogP) is 1.01. The minimum Gasteiger partial charge on any atom is -0.264 e. The molecule has 0 aliphatic heterocycles. The Balaban J connectivity index is 2.83. The highest BCUT2D eigenvalue weighted by atomic mass is 16.3. The minimum absolute atomic E-state index is 0.173. The van der Waals surface area contributed by atoms with Crippen molar-refractivity contribution in [2.75, 3.05) is 0 Å². The van der Waals surface area contributed by atoms with E-state index in [2.05, 4.69) is 4.98 Å². The van der Waals surface area contributed by atoms with Crippen molar-refractivity contribution in [3.8, 4) is 0 Å². The van der Waals surface area contributed by atoms with Gasteiger partial charge in [-0.25, -0.2) is 5.11 Å². The number of hydrogen-bond donors (Lipinski definition) is 0. The molecule has 0 N–H and O–H groups in total. The lowest BCUT2D eigenvalue weighted by molar-refractivity contribution is 0.177. The summed E-state index contributed by atoms with van der Waals surface area (Å²) in [7, 11) is 0. The lowest BCUT2D eigenvalue weighted by atomic mass is 10.3. The Morgan fingerprint density at radius 3 is 2.88 bits per heavy atom. The molecule has 1 heterocycles. The Bertz CT molecular complexity index is 150. The number of aromatic nitrogens is 1. The Labute approximate surface area is 47.8 Å². The maximum Gasteiger partial charge on any atom is 0.109 e. The standard InChI is InChI=1S/C6H6NO/c8-5-6-2-1-3-7-4-6/h1-4H,5H2. The molecule has 1 radical (unpaired) electrons. The fourth-order valence-corrected chi connectivity index (χ4v) is 0.484. The van der Waals surface area contributed by atoms with Gasteiger partial charge in [-0.3, -0.25) is 4.98 Å². The number of rotatable bonds is 1. The van der Waals surface area contributed by atoms with E-state index in [0.29, 0.717) is 0 Å². The molecule has 0 unspecified atom stereocenters. The third-order valence-electron chi connectivity index (χ3n) is 0.889. The van der Waals surface area contributed by atoms with Gasteiger partial charge in [-0.05, 0) is 11.6 Å². The van der Waals surface area contributed by atoms with Crippen molar-refractivity contribution in [3.63, 3.8) is 0 Å². The van der Waals surface area contributed by atoms with E-state index in [9.17, 15) is 5.11 Å². The van der Waals surface area contributed by atoms with E-state index in [1.807, 2.05) is 0 Å². The molecule has 0 saturated heterocycles. The first kappa shape index (κ1) is 5.25. The highest BCUT2D eigenvalue weighted by Gasteiger charge is 1.83. The molecule has 0 spiro atoms. The van der Waals surface area contributed by atoms with Gasteiger partial charge < -0.3 is 0 Å². The van der Waals surface area contributed by atoms with Crippen LogP contribution in [0.2, 0.25) is 0 Å². The SMILES string of the molecule is [O]Cc1cccnc1. The van der Waals surface area contributed by atoms with Crippen molar-refractivity contribution in [3.05, 3.63) is 30.1 Å². The number of hydrogen-bond acceptors (Lipinski definition) is 1. The summed E-state index contributed by atoms with van der Waals surface area (Å²) in [6.45, 7) is -0.173. The van der Waals surface area contributed by atoms with E-state index in [0.717, 1.165) is 5.56 Å². The molecule has 8 heavy (non-hydrogen) atoms. The van der Waals surface area contributed by atoms with Crippen LogP contribution in [-0.4, -0.2) is 4.98 Å². The van der Waals surface area contributed by atoms with Gasteiger partial charge in [-0.1, -0.05) is 6.07 Å². The molecule has 0 aromatic carbocycles. The van der Waals surface area contributed by atoms with Crippen LogP contribution in [0.4, 0.5) is 0 Å². The zero-order chi connectivity index (χ0) is 5.82. The van der Waals surface area contributed by atoms with Crippen molar-refractivity contribution in [1.29, 1.82) is 0 Å². The van der Waals surface area contributed by atoms with Crippen molar-refractivity contribution in [2.45, 2.75) is 6.61 Å². The van der Waals surface area contributed by atoms with Crippen LogP contribution >= 0.6 is 0 Å². The van der Waals surface area contributed by atoms with Gasteiger partial charge in [0.15, 0.2) is 0 Å². The summed E-state index contributed by atoms with van der Waals surface area (Å²) in [6.07, 6.45) is 3.23. The van der Waals surface area contributed by atoms with Gasteiger partial charge in [0.2, 0.25) is 0 Å². The van der Waals surface area contributed by atoms with Crippen molar-refractivity contribution in [2.24, 2.45) is 0 Å². The summed E-state index contributed by atoms with van der Waals surface area (Å²) in [5.74, 6) is 0. The zero-order valence-corrected chi connectivity index (χ0v) is 4.37. The molecular weight excluding hydrogens is 102 g/mol. The second-order valence-electron chi connectivity index (χ2n) is 1.51. The van der Waals surface area contributed by atoms with Crippen LogP contribution in [0.15, 0.2) is 24.5 Å². The lowest BCUT2D eigenvalue weighted by Gasteiger charge is -1.86. The van der Waals surface area contributed by atoms with Gasteiger partial charge in [-0.2, -0.15) is 0 Å². The van der Waals surface area contributed by atoms with Gasteiger partial charge >= 0.3 is 0 Å². The summed E-state index contributed by atoms with van der Waals surface area (Å²) in [5.41, 5.74) is 0.743. The Morgan fingerprint density at radius 2 is 2.50 bits per heavy atom. The molecule has 41 valence electrons. The molecule has 2 heteroatoms. The molecule has 0 aliphatic rings. The van der Waals surface area contributed by atoms with Crippen molar-refractivity contribution >= 4 is 0 Å². The largest absolute Gasteiger partial charge is 0.264 e. The Kier molecular flexibility index (Phi) is 1.59. The minimum atomic E-state index is -0.173. The molecule has 2 nitrogen and oxygen atoms in total. The Hall–Kier alpha value is -0.890. The van der Waals surface area contributed by atoms with E-state index in [4.69, 9.17) is 0 Å². The van der Waals surface area contributed by atoms with Gasteiger partial charge in [0, 0.05) is 12.4 Å². The molecule has 0 bridgehead atoms. The first-order valence-corrected chi connectivity index (χ1v) is 2.40. The zero-order valence-electron chi connectivity index (χ0n) is 4.37. The predicted molar refractivity (Wildman–Crippen MR) is 28.6 cm³/mol. The monoisotopic (exact) mass is 108 g/mol. The number of nitrogens with zero attached hydrogens (tertiary/aromatic N) is 1. The summed E-state index contributed by atoms with van der Waals surface area (Å²) in [5, 5.41) is 10.1. The van der Waals surface area contributed by atoms with Crippen LogP contribution < -0.4 is 0 Å². The van der Waals surface area contributed by atoms with E-state index < -0.39 is 0 Å². The number of pyridine rings is 1. The Morgan fingerprint density at radius 1 is 1.62 bits per heavy atom. The third-order valence-corrected chi connectivity index (χ3v) is 0.889. The van der Waals surface area contributed by atoms with E-state index in [1.54, 1.807) is 24.5 Å². The van der Waals surface area contributed by atoms with E-state index in [1.165, 1.54) is 0 Å². The molecule has 1 rings (SSSR count). The lowest BCUT2D eigenvalue weighted by Crippen LogP contribution is -1.79. The molecule has 1 aromatic heterocycles. The van der Waals surface area contributed by atoms with E-state index in [-0.39, 0.29) is 6.61 Å². The smallest absolute Gasteiger partial charge is 0.109 e. The van der Waals surface area contributed by atoms with Crippen molar-refractivity contribution in [1.82, 2.24) is 4.98 Å². The fraction of sp³-hybridized carbons (Fsp3) is 0.167. The van der Waals surface area contributed by atoms with Crippen LogP contribution in [0.25, 0.3) is 0 Å². The first-order chi connectivity index (χ1) is 3.93. The van der Waals surface area contributed by atoms with Crippen molar-refractivity contribution < 1.29 is 5.11 Å². The quantitative estimate of drug-likeness (QED) is 0.528. The van der Waals surface area contributed by atoms with Crippen LogP contribution in [0.5, 0.6) is 0 Å². The van der Waals surface area contributed by atoms with Crippen LogP contribution in [0.1, 0.15) is 5.56 Å². The molecule has 1 aromatic rings. The van der Waals surface area contributed by atoms with Gasteiger partial charge in [0.25, 0.3) is 0 Å². The summed E-state index contributed by atoms with van der Waals surface area (Å²) >= 11 is 0. The first-order valence-electron chi connectivity index (χ1n) is 2.40. The van der Waals surface area contributed by atoms with Gasteiger partial charge in [0.05, 0.1) is 0 Å². The highest BCUT2D eigenvalue weighted by Crippen LogP contribution is 1.92. The maximum atomic E-state index is 10.1. The average molecular weight is 108 g/mol. The summed E-state index contributed by atoms with van der Waals surface area (Å²) in [6, 6.07) is 3.52.